The molecule has 6 nitrogen and oxygen atoms in total. The van der Waals surface area contributed by atoms with Crippen LogP contribution in [0.5, 0.6) is 0 Å². The van der Waals surface area contributed by atoms with Crippen molar-refractivity contribution in [2.24, 2.45) is 0 Å². The van der Waals surface area contributed by atoms with Crippen LogP contribution in [0.2, 0.25) is 0 Å². The van der Waals surface area contributed by atoms with Gasteiger partial charge in [0.25, 0.3) is 5.91 Å². The van der Waals surface area contributed by atoms with Crippen LogP contribution in [0, 0.1) is 0 Å². The van der Waals surface area contributed by atoms with Crippen LogP contribution in [-0.4, -0.2) is 24.9 Å². The molecule has 0 fully saturated rings. The molecule has 2 aromatic rings. The standard InChI is InChI=1S/C17H16N2O4/c1-11(20)18-13-9-7-12(8-10-13)16(21)19-15-6-4-3-5-14(15)17(22)23-2/h3-10H,1-2H3,(H,18,20)(H,19,21). The molecule has 0 unspecified atom stereocenters. The summed E-state index contributed by atoms with van der Waals surface area (Å²) in [6, 6.07) is 13.0. The Morgan fingerprint density at radius 2 is 1.57 bits per heavy atom. The van der Waals surface area contributed by atoms with E-state index in [4.69, 9.17) is 0 Å². The highest BCUT2D eigenvalue weighted by Crippen LogP contribution is 2.18. The Morgan fingerprint density at radius 3 is 2.17 bits per heavy atom. The number of esters is 1. The first-order valence-electron chi connectivity index (χ1n) is 6.87. The summed E-state index contributed by atoms with van der Waals surface area (Å²) in [6.45, 7) is 1.41. The minimum atomic E-state index is -0.526. The van der Waals surface area contributed by atoms with Gasteiger partial charge >= 0.3 is 5.97 Å². The highest BCUT2D eigenvalue weighted by Gasteiger charge is 2.14. The minimum Gasteiger partial charge on any atom is -0.465 e. The molecule has 2 N–H and O–H groups in total. The number of hydrogen-bond donors (Lipinski definition) is 2. The normalized spacial score (nSPS) is 9.83. The van der Waals surface area contributed by atoms with E-state index in [1.165, 1.54) is 14.0 Å². The van der Waals surface area contributed by atoms with E-state index in [0.29, 0.717) is 16.9 Å². The van der Waals surface area contributed by atoms with Crippen molar-refractivity contribution in [3.05, 3.63) is 59.7 Å². The fourth-order valence-corrected chi connectivity index (χ4v) is 1.98. The smallest absolute Gasteiger partial charge is 0.339 e. The molecule has 0 atom stereocenters. The van der Waals surface area contributed by atoms with Gasteiger partial charge in [-0.1, -0.05) is 12.1 Å². The first-order chi connectivity index (χ1) is 11.0. The number of hydrogen-bond acceptors (Lipinski definition) is 4. The number of carbonyl (C=O) groups excluding carboxylic acids is 3. The summed E-state index contributed by atoms with van der Waals surface area (Å²) < 4.78 is 4.69. The van der Waals surface area contributed by atoms with Gasteiger partial charge < -0.3 is 15.4 Å². The average molecular weight is 312 g/mol. The Bertz CT molecular complexity index is 739. The number of para-hydroxylation sites is 1. The van der Waals surface area contributed by atoms with E-state index in [1.807, 2.05) is 0 Å². The minimum absolute atomic E-state index is 0.186. The topological polar surface area (TPSA) is 84.5 Å². The van der Waals surface area contributed by atoms with Crippen LogP contribution in [-0.2, 0) is 9.53 Å². The Morgan fingerprint density at radius 1 is 0.913 bits per heavy atom. The molecule has 0 saturated carbocycles. The third-order valence-corrected chi connectivity index (χ3v) is 3.05. The van der Waals surface area contributed by atoms with E-state index in [9.17, 15) is 14.4 Å². The molecule has 2 amide bonds. The maximum Gasteiger partial charge on any atom is 0.339 e. The number of benzene rings is 2. The zero-order chi connectivity index (χ0) is 16.8. The number of methoxy groups -OCH3 is 1. The molecule has 118 valence electrons. The molecule has 0 saturated heterocycles. The van der Waals surface area contributed by atoms with Crippen molar-refractivity contribution in [2.45, 2.75) is 6.92 Å². The zero-order valence-corrected chi connectivity index (χ0v) is 12.8. The van der Waals surface area contributed by atoms with E-state index in [0.717, 1.165) is 0 Å². The van der Waals surface area contributed by atoms with Crippen molar-refractivity contribution in [3.63, 3.8) is 0 Å². The van der Waals surface area contributed by atoms with Crippen LogP contribution < -0.4 is 10.6 Å². The van der Waals surface area contributed by atoms with Gasteiger partial charge in [0.2, 0.25) is 5.91 Å². The fourth-order valence-electron chi connectivity index (χ4n) is 1.98. The SMILES string of the molecule is COC(=O)c1ccccc1NC(=O)c1ccc(NC(C)=O)cc1. The number of nitrogens with one attached hydrogen (secondary N) is 2. The monoisotopic (exact) mass is 312 g/mol. The summed E-state index contributed by atoms with van der Waals surface area (Å²) in [5.74, 6) is -1.08. The Balaban J connectivity index is 2.16. The molecule has 0 spiro atoms. The summed E-state index contributed by atoms with van der Waals surface area (Å²) in [6.07, 6.45) is 0. The molecule has 0 heterocycles. The molecule has 0 radical (unpaired) electrons. The molecule has 23 heavy (non-hydrogen) atoms. The van der Waals surface area contributed by atoms with Gasteiger partial charge in [-0.25, -0.2) is 4.79 Å². The predicted molar refractivity (Wildman–Crippen MR) is 86.5 cm³/mol. The molecular formula is C17H16N2O4. The predicted octanol–water partition coefficient (Wildman–Crippen LogP) is 2.68. The van der Waals surface area contributed by atoms with Crippen molar-refractivity contribution in [1.29, 1.82) is 0 Å². The van der Waals surface area contributed by atoms with Gasteiger partial charge in [0.1, 0.15) is 0 Å². The Hall–Kier alpha value is -3.15. The van der Waals surface area contributed by atoms with Crippen LogP contribution in [0.15, 0.2) is 48.5 Å². The van der Waals surface area contributed by atoms with Crippen LogP contribution in [0.1, 0.15) is 27.6 Å². The number of anilines is 2. The summed E-state index contributed by atoms with van der Waals surface area (Å²) >= 11 is 0. The molecule has 0 aromatic heterocycles. The molecule has 6 heteroatoms. The Kier molecular flexibility index (Phi) is 5.09. The molecule has 2 rings (SSSR count). The van der Waals surface area contributed by atoms with Gasteiger partial charge in [0.05, 0.1) is 18.4 Å². The molecule has 0 aliphatic rings. The first-order valence-corrected chi connectivity index (χ1v) is 6.87. The summed E-state index contributed by atoms with van der Waals surface area (Å²) in [5.41, 5.74) is 1.65. The van der Waals surface area contributed by atoms with E-state index >= 15 is 0 Å². The van der Waals surface area contributed by atoms with Crippen molar-refractivity contribution in [1.82, 2.24) is 0 Å². The first kappa shape index (κ1) is 16.2. The van der Waals surface area contributed by atoms with Crippen LogP contribution in [0.25, 0.3) is 0 Å². The second-order valence-electron chi connectivity index (χ2n) is 4.75. The van der Waals surface area contributed by atoms with Crippen molar-refractivity contribution >= 4 is 29.2 Å². The fraction of sp³-hybridized carbons (Fsp3) is 0.118. The molecule has 0 aliphatic heterocycles. The van der Waals surface area contributed by atoms with Gasteiger partial charge in [-0.2, -0.15) is 0 Å². The lowest BCUT2D eigenvalue weighted by Crippen LogP contribution is -2.15. The van der Waals surface area contributed by atoms with Crippen molar-refractivity contribution < 1.29 is 19.1 Å². The lowest BCUT2D eigenvalue weighted by Gasteiger charge is -2.10. The van der Waals surface area contributed by atoms with Gasteiger partial charge in [-0.05, 0) is 36.4 Å². The average Bonchev–Trinajstić information content (AvgIpc) is 2.54. The third kappa shape index (κ3) is 4.16. The van der Waals surface area contributed by atoms with E-state index < -0.39 is 5.97 Å². The number of ether oxygens (including phenoxy) is 1. The van der Waals surface area contributed by atoms with E-state index in [-0.39, 0.29) is 17.4 Å². The van der Waals surface area contributed by atoms with Crippen LogP contribution >= 0.6 is 0 Å². The highest BCUT2D eigenvalue weighted by atomic mass is 16.5. The number of amides is 2. The molecule has 0 bridgehead atoms. The Labute approximate surface area is 133 Å². The maximum atomic E-state index is 12.3. The molecule has 2 aromatic carbocycles. The molecule has 0 aliphatic carbocycles. The molecular weight excluding hydrogens is 296 g/mol. The number of rotatable bonds is 4. The van der Waals surface area contributed by atoms with Gasteiger partial charge in [0.15, 0.2) is 0 Å². The zero-order valence-electron chi connectivity index (χ0n) is 12.8. The summed E-state index contributed by atoms with van der Waals surface area (Å²) in [4.78, 5) is 34.9. The van der Waals surface area contributed by atoms with E-state index in [2.05, 4.69) is 15.4 Å². The number of carbonyl (C=O) groups is 3. The van der Waals surface area contributed by atoms with E-state index in [1.54, 1.807) is 48.5 Å². The van der Waals surface area contributed by atoms with Crippen molar-refractivity contribution in [2.75, 3.05) is 17.7 Å². The highest BCUT2D eigenvalue weighted by molar-refractivity contribution is 6.08. The van der Waals surface area contributed by atoms with Gasteiger partial charge in [-0.3, -0.25) is 9.59 Å². The van der Waals surface area contributed by atoms with Crippen molar-refractivity contribution in [3.8, 4) is 0 Å². The second kappa shape index (κ2) is 7.22. The summed E-state index contributed by atoms with van der Waals surface area (Å²) in [7, 11) is 1.28. The quantitative estimate of drug-likeness (QED) is 0.850. The third-order valence-electron chi connectivity index (χ3n) is 3.05. The maximum absolute atomic E-state index is 12.3. The van der Waals surface area contributed by atoms with Gasteiger partial charge in [0, 0.05) is 18.2 Å². The lowest BCUT2D eigenvalue weighted by atomic mass is 10.1. The largest absolute Gasteiger partial charge is 0.465 e. The van der Waals surface area contributed by atoms with Crippen LogP contribution in [0.3, 0.4) is 0 Å². The lowest BCUT2D eigenvalue weighted by molar-refractivity contribution is -0.114. The summed E-state index contributed by atoms with van der Waals surface area (Å²) in [5, 5.41) is 5.30. The van der Waals surface area contributed by atoms with Crippen LogP contribution in [0.4, 0.5) is 11.4 Å². The second-order valence-corrected chi connectivity index (χ2v) is 4.75. The van der Waals surface area contributed by atoms with Gasteiger partial charge in [-0.15, -0.1) is 0 Å².